The standard InChI is InChI=1S/C14H16FN3O2/c1-2-18-9-11(16-17-18)4-3-10-7-13-14(8-12(10)15)20-6-5-19-13/h7-9H,2-6H2,1H3. The molecule has 1 aliphatic heterocycles. The number of hydrogen-bond acceptors (Lipinski definition) is 4. The molecule has 0 spiro atoms. The van der Waals surface area contributed by atoms with Crippen LogP contribution in [0, 0.1) is 5.82 Å². The lowest BCUT2D eigenvalue weighted by Crippen LogP contribution is -2.16. The van der Waals surface area contributed by atoms with E-state index in [1.54, 1.807) is 10.7 Å². The summed E-state index contributed by atoms with van der Waals surface area (Å²) in [4.78, 5) is 0. The highest BCUT2D eigenvalue weighted by Gasteiger charge is 2.16. The Hall–Kier alpha value is -2.11. The van der Waals surface area contributed by atoms with E-state index in [-0.39, 0.29) is 5.82 Å². The number of nitrogens with zero attached hydrogens (tertiary/aromatic N) is 3. The van der Waals surface area contributed by atoms with Crippen molar-refractivity contribution >= 4 is 0 Å². The molecule has 106 valence electrons. The molecular weight excluding hydrogens is 261 g/mol. The quantitative estimate of drug-likeness (QED) is 0.857. The van der Waals surface area contributed by atoms with Gasteiger partial charge in [0.15, 0.2) is 11.5 Å². The molecule has 0 saturated carbocycles. The number of aryl methyl sites for hydroxylation is 3. The highest BCUT2D eigenvalue weighted by Crippen LogP contribution is 2.32. The molecule has 0 aliphatic carbocycles. The van der Waals surface area contributed by atoms with Crippen LogP contribution in [-0.4, -0.2) is 28.2 Å². The second kappa shape index (κ2) is 5.48. The first-order valence-corrected chi connectivity index (χ1v) is 6.73. The molecule has 1 aromatic heterocycles. The first-order chi connectivity index (χ1) is 9.76. The Kier molecular flexibility index (Phi) is 3.54. The SMILES string of the molecule is CCn1cc(CCc2cc3c(cc2F)OCCO3)nn1. The Morgan fingerprint density at radius 1 is 1.20 bits per heavy atom. The van der Waals surface area contributed by atoms with E-state index in [4.69, 9.17) is 9.47 Å². The summed E-state index contributed by atoms with van der Waals surface area (Å²) in [6.45, 7) is 3.75. The van der Waals surface area contributed by atoms with Crippen molar-refractivity contribution in [3.63, 3.8) is 0 Å². The molecule has 5 nitrogen and oxygen atoms in total. The number of fused-ring (bicyclic) bond motifs is 1. The van der Waals surface area contributed by atoms with Crippen molar-refractivity contribution in [1.29, 1.82) is 0 Å². The second-order valence-electron chi connectivity index (χ2n) is 4.65. The number of hydrogen-bond donors (Lipinski definition) is 0. The van der Waals surface area contributed by atoms with Crippen molar-refractivity contribution in [3.05, 3.63) is 35.4 Å². The van der Waals surface area contributed by atoms with E-state index in [1.165, 1.54) is 6.07 Å². The largest absolute Gasteiger partial charge is 0.486 e. The maximum Gasteiger partial charge on any atom is 0.164 e. The third kappa shape index (κ3) is 2.59. The lowest BCUT2D eigenvalue weighted by Gasteiger charge is -2.19. The van der Waals surface area contributed by atoms with Gasteiger partial charge in [0.25, 0.3) is 0 Å². The van der Waals surface area contributed by atoms with E-state index in [0.717, 1.165) is 12.2 Å². The first kappa shape index (κ1) is 12.9. The van der Waals surface area contributed by atoms with Gasteiger partial charge in [-0.25, -0.2) is 4.39 Å². The summed E-state index contributed by atoms with van der Waals surface area (Å²) in [6.07, 6.45) is 3.09. The average molecular weight is 277 g/mol. The fourth-order valence-corrected chi connectivity index (χ4v) is 2.17. The van der Waals surface area contributed by atoms with E-state index in [9.17, 15) is 4.39 Å². The van der Waals surface area contributed by atoms with Crippen LogP contribution in [-0.2, 0) is 19.4 Å². The minimum absolute atomic E-state index is 0.267. The van der Waals surface area contributed by atoms with Crippen LogP contribution < -0.4 is 9.47 Å². The summed E-state index contributed by atoms with van der Waals surface area (Å²) in [6, 6.07) is 3.11. The third-order valence-corrected chi connectivity index (χ3v) is 3.27. The fourth-order valence-electron chi connectivity index (χ4n) is 2.17. The Bertz CT molecular complexity index is 612. The van der Waals surface area contributed by atoms with Crippen LogP contribution in [0.3, 0.4) is 0 Å². The Balaban J connectivity index is 1.73. The molecule has 0 amide bonds. The highest BCUT2D eigenvalue weighted by atomic mass is 19.1. The van der Waals surface area contributed by atoms with E-state index >= 15 is 0 Å². The van der Waals surface area contributed by atoms with Crippen molar-refractivity contribution in [3.8, 4) is 11.5 Å². The van der Waals surface area contributed by atoms with Crippen molar-refractivity contribution in [2.75, 3.05) is 13.2 Å². The maximum atomic E-state index is 14.0. The molecule has 0 N–H and O–H groups in total. The van der Waals surface area contributed by atoms with Gasteiger partial charge >= 0.3 is 0 Å². The van der Waals surface area contributed by atoms with Crippen LogP contribution in [0.2, 0.25) is 0 Å². The number of benzene rings is 1. The van der Waals surface area contributed by atoms with Crippen molar-refractivity contribution in [2.45, 2.75) is 26.3 Å². The Morgan fingerprint density at radius 2 is 1.95 bits per heavy atom. The number of ether oxygens (including phenoxy) is 2. The van der Waals surface area contributed by atoms with Gasteiger partial charge in [-0.05, 0) is 31.4 Å². The minimum atomic E-state index is -0.267. The molecular formula is C14H16FN3O2. The van der Waals surface area contributed by atoms with Gasteiger partial charge in [0.05, 0.1) is 5.69 Å². The van der Waals surface area contributed by atoms with E-state index in [0.29, 0.717) is 43.1 Å². The summed E-state index contributed by atoms with van der Waals surface area (Å²) in [5, 5.41) is 8.02. The van der Waals surface area contributed by atoms with Crippen LogP contribution >= 0.6 is 0 Å². The van der Waals surface area contributed by atoms with Crippen LogP contribution in [0.15, 0.2) is 18.3 Å². The van der Waals surface area contributed by atoms with Gasteiger partial charge in [-0.15, -0.1) is 5.10 Å². The smallest absolute Gasteiger partial charge is 0.164 e. The third-order valence-electron chi connectivity index (χ3n) is 3.27. The van der Waals surface area contributed by atoms with Crippen LogP contribution in [0.25, 0.3) is 0 Å². The molecule has 20 heavy (non-hydrogen) atoms. The predicted octanol–water partition coefficient (Wildman–Crippen LogP) is 1.99. The van der Waals surface area contributed by atoms with Gasteiger partial charge in [0.1, 0.15) is 19.0 Å². The van der Waals surface area contributed by atoms with E-state index in [1.807, 2.05) is 13.1 Å². The molecule has 0 saturated heterocycles. The van der Waals surface area contributed by atoms with Crippen molar-refractivity contribution in [1.82, 2.24) is 15.0 Å². The maximum absolute atomic E-state index is 14.0. The molecule has 1 aromatic carbocycles. The van der Waals surface area contributed by atoms with Crippen LogP contribution in [0.5, 0.6) is 11.5 Å². The highest BCUT2D eigenvalue weighted by molar-refractivity contribution is 5.44. The summed E-state index contributed by atoms with van der Waals surface area (Å²) in [7, 11) is 0. The second-order valence-corrected chi connectivity index (χ2v) is 4.65. The summed E-state index contributed by atoms with van der Waals surface area (Å²) in [5.74, 6) is 0.830. The summed E-state index contributed by atoms with van der Waals surface area (Å²) in [5.41, 5.74) is 1.47. The lowest BCUT2D eigenvalue weighted by molar-refractivity contribution is 0.170. The molecule has 2 heterocycles. The predicted molar refractivity (Wildman–Crippen MR) is 70.5 cm³/mol. The zero-order chi connectivity index (χ0) is 13.9. The molecule has 1 aliphatic rings. The number of rotatable bonds is 4. The lowest BCUT2D eigenvalue weighted by atomic mass is 10.1. The molecule has 3 rings (SSSR count). The number of aromatic nitrogens is 3. The van der Waals surface area contributed by atoms with Crippen LogP contribution in [0.1, 0.15) is 18.2 Å². The molecule has 0 atom stereocenters. The monoisotopic (exact) mass is 277 g/mol. The average Bonchev–Trinajstić information content (AvgIpc) is 2.93. The first-order valence-electron chi connectivity index (χ1n) is 6.73. The summed E-state index contributed by atoms with van der Waals surface area (Å²) >= 11 is 0. The fraction of sp³-hybridized carbons (Fsp3) is 0.429. The van der Waals surface area contributed by atoms with Crippen LogP contribution in [0.4, 0.5) is 4.39 Å². The molecule has 0 unspecified atom stereocenters. The molecule has 6 heteroatoms. The Morgan fingerprint density at radius 3 is 2.65 bits per heavy atom. The van der Waals surface area contributed by atoms with Crippen molar-refractivity contribution in [2.24, 2.45) is 0 Å². The zero-order valence-electron chi connectivity index (χ0n) is 11.3. The van der Waals surface area contributed by atoms with Crippen molar-refractivity contribution < 1.29 is 13.9 Å². The molecule has 0 bridgehead atoms. The Labute approximate surface area is 116 Å². The molecule has 2 aromatic rings. The number of halogens is 1. The van der Waals surface area contributed by atoms with E-state index in [2.05, 4.69) is 10.3 Å². The molecule has 0 fully saturated rings. The topological polar surface area (TPSA) is 49.2 Å². The van der Waals surface area contributed by atoms with Gasteiger partial charge in [-0.3, -0.25) is 4.68 Å². The van der Waals surface area contributed by atoms with Gasteiger partial charge in [0.2, 0.25) is 0 Å². The molecule has 0 radical (unpaired) electrons. The van der Waals surface area contributed by atoms with Gasteiger partial charge in [-0.2, -0.15) is 0 Å². The minimum Gasteiger partial charge on any atom is -0.486 e. The van der Waals surface area contributed by atoms with Gasteiger partial charge < -0.3 is 9.47 Å². The normalized spacial score (nSPS) is 13.5. The van der Waals surface area contributed by atoms with Gasteiger partial charge in [0, 0.05) is 18.8 Å². The zero-order valence-corrected chi connectivity index (χ0v) is 11.3. The summed E-state index contributed by atoms with van der Waals surface area (Å²) < 4.78 is 26.6. The van der Waals surface area contributed by atoms with E-state index < -0.39 is 0 Å². The van der Waals surface area contributed by atoms with Gasteiger partial charge in [-0.1, -0.05) is 5.21 Å².